The molecule has 1 aliphatic heterocycles. The first-order valence-corrected chi connectivity index (χ1v) is 9.49. The highest BCUT2D eigenvalue weighted by Gasteiger charge is 2.43. The maximum absolute atomic E-state index is 12.8. The van der Waals surface area contributed by atoms with Gasteiger partial charge in [0.05, 0.1) is 0 Å². The van der Waals surface area contributed by atoms with Crippen molar-refractivity contribution in [2.45, 2.75) is 51.0 Å². The SMILES string of the molecule is Cl.Cl.NC[C@H]1CCC[C@H]1C(=O)N1CCN(C2CC3CCC2C3)CC1. The van der Waals surface area contributed by atoms with Crippen LogP contribution in [0.25, 0.3) is 0 Å². The van der Waals surface area contributed by atoms with Crippen molar-refractivity contribution in [3.8, 4) is 0 Å². The van der Waals surface area contributed by atoms with Crippen LogP contribution in [-0.4, -0.2) is 54.5 Å². The average Bonchev–Trinajstić information content (AvgIpc) is 3.29. The van der Waals surface area contributed by atoms with Crippen molar-refractivity contribution in [3.05, 3.63) is 0 Å². The van der Waals surface area contributed by atoms with E-state index >= 15 is 0 Å². The molecule has 0 aromatic rings. The molecule has 0 spiro atoms. The quantitative estimate of drug-likeness (QED) is 0.821. The van der Waals surface area contributed by atoms with Crippen molar-refractivity contribution in [2.24, 2.45) is 29.4 Å². The Morgan fingerprint density at radius 3 is 2.29 bits per heavy atom. The maximum Gasteiger partial charge on any atom is 0.226 e. The zero-order chi connectivity index (χ0) is 15.1. The van der Waals surface area contributed by atoms with E-state index in [0.29, 0.717) is 18.4 Å². The predicted molar refractivity (Wildman–Crippen MR) is 102 cm³/mol. The van der Waals surface area contributed by atoms with E-state index < -0.39 is 0 Å². The standard InChI is InChI=1S/C18H31N3O.2ClH/c19-12-15-2-1-3-16(15)18(22)21-8-6-20(7-9-21)17-11-13-4-5-14(17)10-13;;/h13-17H,1-12,19H2;2*1H/t13?,14?,15-,16-,17?;;/m1../s1. The summed E-state index contributed by atoms with van der Waals surface area (Å²) in [6.45, 7) is 4.77. The van der Waals surface area contributed by atoms with E-state index in [1.54, 1.807) is 0 Å². The van der Waals surface area contributed by atoms with E-state index in [-0.39, 0.29) is 30.7 Å². The number of halogens is 2. The molecule has 4 fully saturated rings. The molecule has 3 unspecified atom stereocenters. The molecular formula is C18H33Cl2N3O. The van der Waals surface area contributed by atoms with Gasteiger partial charge in [-0.3, -0.25) is 9.69 Å². The zero-order valence-electron chi connectivity index (χ0n) is 14.6. The fraction of sp³-hybridized carbons (Fsp3) is 0.944. The summed E-state index contributed by atoms with van der Waals surface area (Å²) in [5, 5.41) is 0. The molecular weight excluding hydrogens is 345 g/mol. The number of fused-ring (bicyclic) bond motifs is 2. The normalized spacial score (nSPS) is 38.7. The van der Waals surface area contributed by atoms with Crippen LogP contribution in [0.1, 0.15) is 44.9 Å². The van der Waals surface area contributed by atoms with Gasteiger partial charge in [-0.2, -0.15) is 0 Å². The van der Waals surface area contributed by atoms with E-state index in [1.165, 1.54) is 32.1 Å². The van der Waals surface area contributed by atoms with Gasteiger partial charge in [0.15, 0.2) is 0 Å². The lowest BCUT2D eigenvalue weighted by Crippen LogP contribution is -2.54. The van der Waals surface area contributed by atoms with Gasteiger partial charge in [-0.25, -0.2) is 0 Å². The second-order valence-electron chi connectivity index (χ2n) is 8.14. The number of hydrogen-bond acceptors (Lipinski definition) is 3. The molecule has 0 aromatic heterocycles. The van der Waals surface area contributed by atoms with Crippen molar-refractivity contribution in [3.63, 3.8) is 0 Å². The summed E-state index contributed by atoms with van der Waals surface area (Å²) in [4.78, 5) is 17.6. The highest BCUT2D eigenvalue weighted by atomic mass is 35.5. The van der Waals surface area contributed by atoms with E-state index in [0.717, 1.165) is 56.9 Å². The molecule has 2 bridgehead atoms. The molecule has 3 aliphatic carbocycles. The minimum Gasteiger partial charge on any atom is -0.340 e. The number of hydrogen-bond donors (Lipinski definition) is 1. The Bertz CT molecular complexity index is 428. The first-order valence-electron chi connectivity index (χ1n) is 9.49. The molecule has 3 saturated carbocycles. The smallest absolute Gasteiger partial charge is 0.226 e. The molecule has 4 nitrogen and oxygen atoms in total. The Labute approximate surface area is 158 Å². The molecule has 4 rings (SSSR count). The Hall–Kier alpha value is -0.0300. The van der Waals surface area contributed by atoms with E-state index in [4.69, 9.17) is 5.73 Å². The van der Waals surface area contributed by atoms with Crippen LogP contribution < -0.4 is 5.73 Å². The van der Waals surface area contributed by atoms with Crippen LogP contribution in [0.4, 0.5) is 0 Å². The number of piperazine rings is 1. The van der Waals surface area contributed by atoms with E-state index in [1.807, 2.05) is 0 Å². The molecule has 0 aromatic carbocycles. The Morgan fingerprint density at radius 2 is 1.71 bits per heavy atom. The van der Waals surface area contributed by atoms with Crippen LogP contribution in [0.3, 0.4) is 0 Å². The number of rotatable bonds is 3. The number of nitrogens with two attached hydrogens (primary N) is 1. The summed E-state index contributed by atoms with van der Waals surface area (Å²) in [6.07, 6.45) is 9.23. The van der Waals surface area contributed by atoms with Crippen molar-refractivity contribution < 1.29 is 4.79 Å². The molecule has 5 atom stereocenters. The Morgan fingerprint density at radius 1 is 0.958 bits per heavy atom. The fourth-order valence-electron chi connectivity index (χ4n) is 5.81. The molecule has 6 heteroatoms. The Balaban J connectivity index is 0.00000104. The fourth-order valence-corrected chi connectivity index (χ4v) is 5.81. The van der Waals surface area contributed by atoms with Crippen molar-refractivity contribution >= 4 is 30.7 Å². The lowest BCUT2D eigenvalue weighted by Gasteiger charge is -2.42. The number of carbonyl (C=O) groups excluding carboxylic acids is 1. The molecule has 1 heterocycles. The third-order valence-electron chi connectivity index (χ3n) is 7.07. The van der Waals surface area contributed by atoms with Crippen molar-refractivity contribution in [1.82, 2.24) is 9.80 Å². The summed E-state index contributed by atoms with van der Waals surface area (Å²) >= 11 is 0. The number of carbonyl (C=O) groups is 1. The van der Waals surface area contributed by atoms with Gasteiger partial charge >= 0.3 is 0 Å². The van der Waals surface area contributed by atoms with Gasteiger partial charge in [-0.15, -0.1) is 24.8 Å². The number of amides is 1. The summed E-state index contributed by atoms with van der Waals surface area (Å²) in [7, 11) is 0. The van der Waals surface area contributed by atoms with Crippen LogP contribution >= 0.6 is 24.8 Å². The lowest BCUT2D eigenvalue weighted by atomic mass is 9.92. The van der Waals surface area contributed by atoms with Crippen LogP contribution in [-0.2, 0) is 4.79 Å². The third-order valence-corrected chi connectivity index (χ3v) is 7.07. The lowest BCUT2D eigenvalue weighted by molar-refractivity contribution is -0.138. The molecule has 1 amide bonds. The highest BCUT2D eigenvalue weighted by Crippen LogP contribution is 2.46. The molecule has 24 heavy (non-hydrogen) atoms. The summed E-state index contributed by atoms with van der Waals surface area (Å²) in [5.74, 6) is 3.04. The second-order valence-corrected chi connectivity index (χ2v) is 8.14. The van der Waals surface area contributed by atoms with Crippen LogP contribution in [0.5, 0.6) is 0 Å². The molecule has 4 aliphatic rings. The first kappa shape index (κ1) is 20.3. The number of nitrogens with zero attached hydrogens (tertiary/aromatic N) is 2. The summed E-state index contributed by atoms with van der Waals surface area (Å²) in [6, 6.07) is 0.833. The minimum atomic E-state index is 0. The second kappa shape index (κ2) is 8.57. The predicted octanol–water partition coefficient (Wildman–Crippen LogP) is 2.54. The van der Waals surface area contributed by atoms with E-state index in [9.17, 15) is 4.79 Å². The molecule has 2 N–H and O–H groups in total. The van der Waals surface area contributed by atoms with Crippen LogP contribution in [0.2, 0.25) is 0 Å². The van der Waals surface area contributed by atoms with Gasteiger partial charge in [0.1, 0.15) is 0 Å². The molecule has 0 radical (unpaired) electrons. The molecule has 1 saturated heterocycles. The summed E-state index contributed by atoms with van der Waals surface area (Å²) < 4.78 is 0. The minimum absolute atomic E-state index is 0. The van der Waals surface area contributed by atoms with Gasteiger partial charge in [0, 0.05) is 38.1 Å². The summed E-state index contributed by atoms with van der Waals surface area (Å²) in [5.41, 5.74) is 5.85. The van der Waals surface area contributed by atoms with Gasteiger partial charge in [0.25, 0.3) is 0 Å². The zero-order valence-corrected chi connectivity index (χ0v) is 16.2. The molecule has 140 valence electrons. The van der Waals surface area contributed by atoms with Gasteiger partial charge in [0.2, 0.25) is 5.91 Å². The van der Waals surface area contributed by atoms with Crippen molar-refractivity contribution in [2.75, 3.05) is 32.7 Å². The van der Waals surface area contributed by atoms with Gasteiger partial charge in [-0.1, -0.05) is 12.8 Å². The largest absolute Gasteiger partial charge is 0.340 e. The first-order chi connectivity index (χ1) is 10.8. The topological polar surface area (TPSA) is 49.6 Å². The maximum atomic E-state index is 12.8. The Kier molecular flexibility index (Phi) is 7.24. The third kappa shape index (κ3) is 3.72. The van der Waals surface area contributed by atoms with Gasteiger partial charge < -0.3 is 10.6 Å². The average molecular weight is 378 g/mol. The van der Waals surface area contributed by atoms with E-state index in [2.05, 4.69) is 9.80 Å². The van der Waals surface area contributed by atoms with Crippen LogP contribution in [0.15, 0.2) is 0 Å². The highest BCUT2D eigenvalue weighted by molar-refractivity contribution is 5.85. The van der Waals surface area contributed by atoms with Crippen LogP contribution in [0, 0.1) is 23.7 Å². The monoisotopic (exact) mass is 377 g/mol. The van der Waals surface area contributed by atoms with Crippen molar-refractivity contribution in [1.29, 1.82) is 0 Å². The van der Waals surface area contributed by atoms with Gasteiger partial charge in [-0.05, 0) is 56.4 Å².